The van der Waals surface area contributed by atoms with Crippen LogP contribution < -0.4 is 56.5 Å². The van der Waals surface area contributed by atoms with Crippen molar-refractivity contribution in [3.05, 3.63) is 0 Å². The van der Waals surface area contributed by atoms with Gasteiger partial charge in [0.05, 0.1) is 6.10 Å². The smallest absolute Gasteiger partial charge is 0.866 e. The van der Waals surface area contributed by atoms with E-state index in [-0.39, 0.29) is 51.4 Å². The zero-order valence-electron chi connectivity index (χ0n) is 4.34. The molecule has 7 heavy (non-hydrogen) atoms. The SMILES string of the molecule is CC(O)C([O-])=S.[K+]. The van der Waals surface area contributed by atoms with Crippen LogP contribution in [0.1, 0.15) is 6.92 Å². The quantitative estimate of drug-likeness (QED) is 0.302. The van der Waals surface area contributed by atoms with Crippen molar-refractivity contribution < 1.29 is 61.6 Å². The van der Waals surface area contributed by atoms with Gasteiger partial charge in [-0.15, -0.1) is 0 Å². The Morgan fingerprint density at radius 2 is 2.00 bits per heavy atom. The van der Waals surface area contributed by atoms with E-state index in [1.807, 2.05) is 0 Å². The first-order chi connectivity index (χ1) is 2.64. The van der Waals surface area contributed by atoms with Gasteiger partial charge < -0.3 is 10.2 Å². The Morgan fingerprint density at radius 1 is 1.86 bits per heavy atom. The molecule has 0 spiro atoms. The van der Waals surface area contributed by atoms with E-state index in [1.165, 1.54) is 6.92 Å². The molecule has 1 atom stereocenters. The summed E-state index contributed by atoms with van der Waals surface area (Å²) >= 11 is 4.01. The third-order valence-corrected chi connectivity index (χ3v) is 0.682. The summed E-state index contributed by atoms with van der Waals surface area (Å²) in [6.07, 6.45) is -0.972. The number of aliphatic hydroxyl groups excluding tert-OH is 1. The van der Waals surface area contributed by atoms with Gasteiger partial charge in [-0.2, -0.15) is 0 Å². The fourth-order valence-corrected chi connectivity index (χ4v) is 0. The average molecular weight is 144 g/mol. The summed E-state index contributed by atoms with van der Waals surface area (Å²) in [7, 11) is 0. The molecule has 0 bridgehead atoms. The molecule has 0 heterocycles. The molecule has 2 nitrogen and oxygen atoms in total. The van der Waals surface area contributed by atoms with Crippen molar-refractivity contribution in [3.8, 4) is 0 Å². The van der Waals surface area contributed by atoms with Crippen molar-refractivity contribution in [2.75, 3.05) is 0 Å². The fourth-order valence-electron chi connectivity index (χ4n) is 0. The predicted molar refractivity (Wildman–Crippen MR) is 24.3 cm³/mol. The molecule has 0 fully saturated rings. The molecule has 0 aliphatic rings. The van der Waals surface area contributed by atoms with Gasteiger partial charge in [0.15, 0.2) is 0 Å². The minimum absolute atomic E-state index is 0. The zero-order chi connectivity index (χ0) is 5.15. The predicted octanol–water partition coefficient (Wildman–Crippen LogP) is -3.94. The molecule has 1 unspecified atom stereocenters. The molecule has 1 N–H and O–H groups in total. The molecule has 0 aromatic carbocycles. The molecule has 0 radical (unpaired) electrons. The van der Waals surface area contributed by atoms with Crippen LogP contribution in [0.4, 0.5) is 0 Å². The maximum Gasteiger partial charge on any atom is 1.00 e. The first-order valence-corrected chi connectivity index (χ1v) is 1.94. The summed E-state index contributed by atoms with van der Waals surface area (Å²) in [6, 6.07) is 0. The Balaban J connectivity index is 0. The molecule has 0 aliphatic carbocycles. The van der Waals surface area contributed by atoms with Gasteiger partial charge in [-0.1, -0.05) is 12.2 Å². The minimum atomic E-state index is -0.972. The molecule has 0 aliphatic heterocycles. The minimum Gasteiger partial charge on any atom is -0.866 e. The van der Waals surface area contributed by atoms with Gasteiger partial charge in [-0.05, 0) is 12.0 Å². The van der Waals surface area contributed by atoms with Gasteiger partial charge in [0, 0.05) is 0 Å². The van der Waals surface area contributed by atoms with Crippen LogP contribution in [0.15, 0.2) is 0 Å². The summed E-state index contributed by atoms with van der Waals surface area (Å²) in [6.45, 7) is 1.34. The molecular weight excluding hydrogens is 139 g/mol. The van der Waals surface area contributed by atoms with Crippen molar-refractivity contribution in [2.45, 2.75) is 13.0 Å². The number of rotatable bonds is 1. The molecule has 36 valence electrons. The zero-order valence-corrected chi connectivity index (χ0v) is 8.28. The van der Waals surface area contributed by atoms with Crippen molar-refractivity contribution in [2.24, 2.45) is 0 Å². The van der Waals surface area contributed by atoms with Crippen LogP contribution in [0.2, 0.25) is 0 Å². The number of hydrogen-bond donors (Lipinski definition) is 1. The van der Waals surface area contributed by atoms with Crippen molar-refractivity contribution >= 4 is 17.3 Å². The average Bonchev–Trinajstić information content (AvgIpc) is 1.36. The van der Waals surface area contributed by atoms with Gasteiger partial charge in [-0.25, -0.2) is 0 Å². The first-order valence-electron chi connectivity index (χ1n) is 1.53. The van der Waals surface area contributed by atoms with Crippen molar-refractivity contribution in [1.29, 1.82) is 0 Å². The van der Waals surface area contributed by atoms with E-state index in [2.05, 4.69) is 12.2 Å². The topological polar surface area (TPSA) is 43.3 Å². The second-order valence-electron chi connectivity index (χ2n) is 0.995. The summed E-state index contributed by atoms with van der Waals surface area (Å²) in [5.74, 6) is 0. The molecule has 0 aromatic heterocycles. The van der Waals surface area contributed by atoms with Crippen LogP contribution in [-0.4, -0.2) is 16.3 Å². The third kappa shape index (κ3) is 7.49. The largest absolute Gasteiger partial charge is 1.00 e. The Kier molecular flexibility index (Phi) is 9.08. The van der Waals surface area contributed by atoms with Crippen LogP contribution in [0, 0.1) is 0 Å². The second-order valence-corrected chi connectivity index (χ2v) is 1.40. The molecule has 4 heteroatoms. The Hall–Kier alpha value is 1.49. The van der Waals surface area contributed by atoms with Crippen LogP contribution >= 0.6 is 12.2 Å². The van der Waals surface area contributed by atoms with Gasteiger partial charge in [0.1, 0.15) is 0 Å². The van der Waals surface area contributed by atoms with Gasteiger partial charge in [0.2, 0.25) is 0 Å². The Labute approximate surface area is 90.3 Å². The summed E-state index contributed by atoms with van der Waals surface area (Å²) in [5.41, 5.74) is 0. The van der Waals surface area contributed by atoms with Crippen LogP contribution in [0.25, 0.3) is 0 Å². The third-order valence-electron chi connectivity index (χ3n) is 0.341. The van der Waals surface area contributed by atoms with E-state index in [9.17, 15) is 5.11 Å². The fraction of sp³-hybridized carbons (Fsp3) is 0.667. The maximum absolute atomic E-state index is 9.71. The van der Waals surface area contributed by atoms with E-state index in [0.29, 0.717) is 0 Å². The normalized spacial score (nSPS) is 11.7. The van der Waals surface area contributed by atoms with E-state index >= 15 is 0 Å². The van der Waals surface area contributed by atoms with Crippen LogP contribution in [-0.2, 0) is 0 Å². The van der Waals surface area contributed by atoms with E-state index in [4.69, 9.17) is 5.11 Å². The van der Waals surface area contributed by atoms with E-state index < -0.39 is 11.2 Å². The first kappa shape index (κ1) is 11.3. The van der Waals surface area contributed by atoms with Crippen LogP contribution in [0.5, 0.6) is 0 Å². The van der Waals surface area contributed by atoms with Gasteiger partial charge in [0.25, 0.3) is 0 Å². The molecule has 0 amide bonds. The monoisotopic (exact) mass is 144 g/mol. The molecule has 0 saturated carbocycles. The van der Waals surface area contributed by atoms with Crippen molar-refractivity contribution in [1.82, 2.24) is 0 Å². The Bertz CT molecular complexity index is 64.0. The standard InChI is InChI=1S/C3H6O2S.K/c1-2(4)3(5)6;/h2,4H,1H3,(H,5,6);/q;+1/p-1. The maximum atomic E-state index is 9.71. The number of thiocarbonyl (C=S) groups is 1. The molecule has 0 rings (SSSR count). The van der Waals surface area contributed by atoms with Crippen LogP contribution in [0.3, 0.4) is 0 Å². The van der Waals surface area contributed by atoms with E-state index in [1.54, 1.807) is 0 Å². The van der Waals surface area contributed by atoms with Gasteiger partial charge in [-0.3, -0.25) is 0 Å². The molecular formula is C3H5KO2S. The second kappa shape index (κ2) is 5.62. The Morgan fingerprint density at radius 3 is 2.00 bits per heavy atom. The molecule has 0 saturated heterocycles. The van der Waals surface area contributed by atoms with Crippen molar-refractivity contribution in [3.63, 3.8) is 0 Å². The van der Waals surface area contributed by atoms with Gasteiger partial charge >= 0.3 is 51.4 Å². The summed E-state index contributed by atoms with van der Waals surface area (Å²) in [4.78, 5) is 0. The number of hydrogen-bond acceptors (Lipinski definition) is 3. The summed E-state index contributed by atoms with van der Waals surface area (Å²) < 4.78 is 0. The summed E-state index contributed by atoms with van der Waals surface area (Å²) in [5, 5.41) is 17.3. The van der Waals surface area contributed by atoms with E-state index in [0.717, 1.165) is 0 Å². The number of aliphatic hydroxyl groups is 1. The molecule has 0 aromatic rings.